The molecule has 0 bridgehead atoms. The van der Waals surface area contributed by atoms with Gasteiger partial charge in [0.2, 0.25) is 5.91 Å². The molecule has 2 rings (SSSR count). The summed E-state index contributed by atoms with van der Waals surface area (Å²) in [5.74, 6) is 2.29. The van der Waals surface area contributed by atoms with Gasteiger partial charge in [-0.25, -0.2) is 5.43 Å². The van der Waals surface area contributed by atoms with E-state index in [2.05, 4.69) is 48.3 Å². The number of hydrogen-bond acceptors (Lipinski definition) is 5. The minimum atomic E-state index is -0.135. The second-order valence-corrected chi connectivity index (χ2v) is 7.00. The SMILES string of the molecule is C=CCOc1ccc(/C=N/NC(=O)CSCc2ccc(C)cc2)cc1OCC. The fourth-order valence-electron chi connectivity index (χ4n) is 2.30. The molecule has 6 heteroatoms. The molecule has 1 amide bonds. The highest BCUT2D eigenvalue weighted by atomic mass is 32.2. The Bertz CT molecular complexity index is 804. The van der Waals surface area contributed by atoms with Crippen molar-refractivity contribution in [1.29, 1.82) is 0 Å². The fraction of sp³-hybridized carbons (Fsp3) is 0.273. The van der Waals surface area contributed by atoms with Crippen molar-refractivity contribution >= 4 is 23.9 Å². The molecule has 5 nitrogen and oxygen atoms in total. The number of carbonyl (C=O) groups is 1. The van der Waals surface area contributed by atoms with Crippen LogP contribution in [0.5, 0.6) is 11.5 Å². The van der Waals surface area contributed by atoms with Crippen LogP contribution in [-0.4, -0.2) is 31.1 Å². The zero-order valence-electron chi connectivity index (χ0n) is 16.3. The van der Waals surface area contributed by atoms with Crippen LogP contribution in [0.2, 0.25) is 0 Å². The molecule has 0 saturated carbocycles. The molecular weight excluding hydrogens is 372 g/mol. The van der Waals surface area contributed by atoms with E-state index in [9.17, 15) is 4.79 Å². The van der Waals surface area contributed by atoms with Gasteiger partial charge in [0.1, 0.15) is 6.61 Å². The van der Waals surface area contributed by atoms with E-state index in [0.717, 1.165) is 11.3 Å². The number of rotatable bonds is 11. The van der Waals surface area contributed by atoms with Crippen LogP contribution < -0.4 is 14.9 Å². The Balaban J connectivity index is 1.82. The van der Waals surface area contributed by atoms with Gasteiger partial charge in [0.15, 0.2) is 11.5 Å². The van der Waals surface area contributed by atoms with Crippen molar-refractivity contribution < 1.29 is 14.3 Å². The summed E-state index contributed by atoms with van der Waals surface area (Å²) in [5.41, 5.74) is 5.79. The molecule has 0 aliphatic rings. The Morgan fingerprint density at radius 2 is 1.96 bits per heavy atom. The topological polar surface area (TPSA) is 59.9 Å². The van der Waals surface area contributed by atoms with Gasteiger partial charge in [-0.15, -0.1) is 11.8 Å². The molecule has 2 aromatic carbocycles. The lowest BCUT2D eigenvalue weighted by Gasteiger charge is -2.11. The number of nitrogens with one attached hydrogen (secondary N) is 1. The summed E-state index contributed by atoms with van der Waals surface area (Å²) in [7, 11) is 0. The lowest BCUT2D eigenvalue weighted by Crippen LogP contribution is -2.19. The minimum Gasteiger partial charge on any atom is -0.490 e. The molecular formula is C22H26N2O3S. The Morgan fingerprint density at radius 3 is 2.68 bits per heavy atom. The predicted octanol–water partition coefficient (Wildman–Crippen LogP) is 4.34. The Morgan fingerprint density at radius 1 is 1.18 bits per heavy atom. The minimum absolute atomic E-state index is 0.135. The number of amides is 1. The molecule has 0 heterocycles. The zero-order chi connectivity index (χ0) is 20.2. The molecule has 0 saturated heterocycles. The molecule has 0 unspecified atom stereocenters. The van der Waals surface area contributed by atoms with Gasteiger partial charge in [-0.2, -0.15) is 5.10 Å². The first-order chi connectivity index (χ1) is 13.6. The second kappa shape index (κ2) is 11.9. The number of hydrazone groups is 1. The molecule has 0 atom stereocenters. The summed E-state index contributed by atoms with van der Waals surface area (Å²) < 4.78 is 11.2. The third-order valence-corrected chi connectivity index (χ3v) is 4.65. The van der Waals surface area contributed by atoms with Crippen molar-refractivity contribution in [3.63, 3.8) is 0 Å². The smallest absolute Gasteiger partial charge is 0.250 e. The van der Waals surface area contributed by atoms with E-state index in [1.165, 1.54) is 11.1 Å². The molecule has 0 aromatic heterocycles. The first kappa shape index (κ1) is 21.6. The summed E-state index contributed by atoms with van der Waals surface area (Å²) in [6.45, 7) is 8.54. The average Bonchev–Trinajstić information content (AvgIpc) is 2.69. The summed E-state index contributed by atoms with van der Waals surface area (Å²) in [5, 5.41) is 4.02. The molecule has 0 aliphatic carbocycles. The number of thioether (sulfide) groups is 1. The van der Waals surface area contributed by atoms with E-state index in [1.54, 1.807) is 24.1 Å². The number of aryl methyl sites for hydroxylation is 1. The molecule has 1 N–H and O–H groups in total. The Hall–Kier alpha value is -2.73. The van der Waals surface area contributed by atoms with Crippen molar-refractivity contribution in [3.05, 3.63) is 71.8 Å². The van der Waals surface area contributed by atoms with Crippen molar-refractivity contribution in [2.75, 3.05) is 19.0 Å². The van der Waals surface area contributed by atoms with Gasteiger partial charge in [-0.1, -0.05) is 42.5 Å². The van der Waals surface area contributed by atoms with E-state index in [1.807, 2.05) is 25.1 Å². The number of ether oxygens (including phenoxy) is 2. The Labute approximate surface area is 170 Å². The number of hydrogen-bond donors (Lipinski definition) is 1. The van der Waals surface area contributed by atoms with E-state index in [-0.39, 0.29) is 5.91 Å². The van der Waals surface area contributed by atoms with Crippen LogP contribution in [0, 0.1) is 6.92 Å². The van der Waals surface area contributed by atoms with Crippen LogP contribution in [0.1, 0.15) is 23.6 Å². The average molecular weight is 399 g/mol. The third kappa shape index (κ3) is 7.48. The number of benzene rings is 2. The lowest BCUT2D eigenvalue weighted by atomic mass is 10.2. The van der Waals surface area contributed by atoms with Crippen LogP contribution in [0.15, 0.2) is 60.2 Å². The second-order valence-electron chi connectivity index (χ2n) is 6.01. The highest BCUT2D eigenvalue weighted by Gasteiger charge is 2.06. The summed E-state index contributed by atoms with van der Waals surface area (Å²) in [6.07, 6.45) is 3.26. The first-order valence-electron chi connectivity index (χ1n) is 9.08. The molecule has 2 aromatic rings. The van der Waals surface area contributed by atoms with Crippen molar-refractivity contribution in [2.24, 2.45) is 5.10 Å². The molecule has 148 valence electrons. The maximum absolute atomic E-state index is 11.9. The maximum Gasteiger partial charge on any atom is 0.250 e. The van der Waals surface area contributed by atoms with E-state index >= 15 is 0 Å². The summed E-state index contributed by atoms with van der Waals surface area (Å²) >= 11 is 1.55. The predicted molar refractivity (Wildman–Crippen MR) is 116 cm³/mol. The molecule has 0 fully saturated rings. The quantitative estimate of drug-likeness (QED) is 0.347. The van der Waals surface area contributed by atoms with Crippen molar-refractivity contribution in [2.45, 2.75) is 19.6 Å². The van der Waals surface area contributed by atoms with E-state index < -0.39 is 0 Å². The summed E-state index contributed by atoms with van der Waals surface area (Å²) in [4.78, 5) is 11.9. The summed E-state index contributed by atoms with van der Waals surface area (Å²) in [6, 6.07) is 13.8. The first-order valence-corrected chi connectivity index (χ1v) is 10.2. The van der Waals surface area contributed by atoms with Crippen LogP contribution in [0.4, 0.5) is 0 Å². The van der Waals surface area contributed by atoms with Gasteiger partial charge in [-0.05, 0) is 43.2 Å². The molecule has 28 heavy (non-hydrogen) atoms. The van der Waals surface area contributed by atoms with Gasteiger partial charge in [0.25, 0.3) is 0 Å². The van der Waals surface area contributed by atoms with Gasteiger partial charge in [0, 0.05) is 5.75 Å². The van der Waals surface area contributed by atoms with E-state index in [4.69, 9.17) is 9.47 Å². The number of carbonyl (C=O) groups excluding carboxylic acids is 1. The van der Waals surface area contributed by atoms with Crippen molar-refractivity contribution in [3.8, 4) is 11.5 Å². The highest BCUT2D eigenvalue weighted by molar-refractivity contribution is 7.99. The van der Waals surface area contributed by atoms with Gasteiger partial charge in [-0.3, -0.25) is 4.79 Å². The maximum atomic E-state index is 11.9. The molecule has 0 spiro atoms. The Kier molecular flexibility index (Phi) is 9.15. The molecule has 0 radical (unpaired) electrons. The van der Waals surface area contributed by atoms with Crippen LogP contribution >= 0.6 is 11.8 Å². The normalized spacial score (nSPS) is 10.6. The zero-order valence-corrected chi connectivity index (χ0v) is 17.1. The van der Waals surface area contributed by atoms with Gasteiger partial charge < -0.3 is 9.47 Å². The number of nitrogens with zero attached hydrogens (tertiary/aromatic N) is 1. The third-order valence-electron chi connectivity index (χ3n) is 3.65. The van der Waals surface area contributed by atoms with Crippen LogP contribution in [0.3, 0.4) is 0 Å². The van der Waals surface area contributed by atoms with Crippen LogP contribution in [-0.2, 0) is 10.5 Å². The van der Waals surface area contributed by atoms with Gasteiger partial charge in [0.05, 0.1) is 18.6 Å². The highest BCUT2D eigenvalue weighted by Crippen LogP contribution is 2.28. The van der Waals surface area contributed by atoms with Crippen molar-refractivity contribution in [1.82, 2.24) is 5.43 Å². The van der Waals surface area contributed by atoms with E-state index in [0.29, 0.717) is 30.5 Å². The largest absolute Gasteiger partial charge is 0.490 e. The standard InChI is InChI=1S/C22H26N2O3S/c1-4-12-27-20-11-10-19(13-21(20)26-5-2)14-23-24-22(25)16-28-15-18-8-6-17(3)7-9-18/h4,6-11,13-14H,1,5,12,15-16H2,2-3H3,(H,24,25)/b23-14+. The monoisotopic (exact) mass is 398 g/mol. The van der Waals surface area contributed by atoms with Gasteiger partial charge >= 0.3 is 0 Å². The lowest BCUT2D eigenvalue weighted by molar-refractivity contribution is -0.118. The van der Waals surface area contributed by atoms with Crippen LogP contribution in [0.25, 0.3) is 0 Å². The fourth-order valence-corrected chi connectivity index (χ4v) is 3.08. The molecule has 0 aliphatic heterocycles.